The van der Waals surface area contributed by atoms with E-state index in [0.29, 0.717) is 13.1 Å². The lowest BCUT2D eigenvalue weighted by Gasteiger charge is -2.20. The van der Waals surface area contributed by atoms with Crippen molar-refractivity contribution in [2.45, 2.75) is 26.4 Å². The van der Waals surface area contributed by atoms with Crippen LogP contribution in [-0.4, -0.2) is 15.8 Å². The minimum Gasteiger partial charge on any atom is -0.467 e. The van der Waals surface area contributed by atoms with E-state index in [1.165, 1.54) is 0 Å². The van der Waals surface area contributed by atoms with Gasteiger partial charge in [-0.05, 0) is 31.2 Å². The van der Waals surface area contributed by atoms with Gasteiger partial charge in [-0.1, -0.05) is 0 Å². The molecule has 0 N–H and O–H groups in total. The van der Waals surface area contributed by atoms with E-state index in [1.54, 1.807) is 28.8 Å². The topological polar surface area (TPSA) is 59.5 Å². The molecule has 114 valence electrons. The fourth-order valence-corrected chi connectivity index (χ4v) is 2.78. The number of aromatic nitrogens is 1. The van der Waals surface area contributed by atoms with E-state index in [4.69, 9.17) is 8.83 Å². The highest BCUT2D eigenvalue weighted by Gasteiger charge is 2.18. The molecule has 5 nitrogen and oxygen atoms in total. The number of rotatable bonds is 6. The first kappa shape index (κ1) is 14.6. The second kappa shape index (κ2) is 6.62. The Morgan fingerprint density at radius 2 is 1.82 bits per heavy atom. The van der Waals surface area contributed by atoms with Crippen LogP contribution in [0.4, 0.5) is 0 Å². The zero-order valence-electron chi connectivity index (χ0n) is 12.2. The van der Waals surface area contributed by atoms with Crippen LogP contribution in [-0.2, 0) is 24.3 Å². The zero-order valence-corrected chi connectivity index (χ0v) is 13.0. The molecule has 0 radical (unpaired) electrons. The van der Waals surface area contributed by atoms with E-state index >= 15 is 0 Å². The number of hydrogen-bond donors (Lipinski definition) is 0. The zero-order chi connectivity index (χ0) is 15.4. The van der Waals surface area contributed by atoms with Crippen molar-refractivity contribution in [3.8, 4) is 0 Å². The molecule has 0 atom stereocenters. The van der Waals surface area contributed by atoms with Crippen LogP contribution in [0.1, 0.15) is 22.2 Å². The molecule has 3 aromatic rings. The average molecular weight is 316 g/mol. The molecule has 0 bridgehead atoms. The molecule has 0 aliphatic carbocycles. The highest BCUT2D eigenvalue weighted by atomic mass is 32.1. The lowest BCUT2D eigenvalue weighted by Crippen LogP contribution is -2.31. The third-order valence-electron chi connectivity index (χ3n) is 3.21. The number of thiazole rings is 1. The number of carbonyl (C=O) groups is 1. The van der Waals surface area contributed by atoms with Crippen LogP contribution in [0.2, 0.25) is 0 Å². The molecule has 0 unspecified atom stereocenters. The number of nitrogens with zero attached hydrogens (tertiary/aromatic N) is 2. The van der Waals surface area contributed by atoms with Crippen molar-refractivity contribution in [2.75, 3.05) is 0 Å². The van der Waals surface area contributed by atoms with Gasteiger partial charge in [-0.3, -0.25) is 4.79 Å². The van der Waals surface area contributed by atoms with Crippen LogP contribution in [0, 0.1) is 6.92 Å². The van der Waals surface area contributed by atoms with Crippen molar-refractivity contribution in [3.05, 3.63) is 64.4 Å². The number of hydrogen-bond acceptors (Lipinski definition) is 5. The molecule has 3 aromatic heterocycles. The van der Waals surface area contributed by atoms with Gasteiger partial charge in [0.1, 0.15) is 11.5 Å². The van der Waals surface area contributed by atoms with Crippen molar-refractivity contribution in [1.29, 1.82) is 0 Å². The van der Waals surface area contributed by atoms with Crippen LogP contribution in [0.3, 0.4) is 0 Å². The molecule has 3 rings (SSSR count). The minimum absolute atomic E-state index is 0.00176. The second-order valence-corrected chi connectivity index (χ2v) is 6.01. The molecule has 0 aliphatic heterocycles. The first-order valence-electron chi connectivity index (χ1n) is 6.94. The van der Waals surface area contributed by atoms with E-state index in [2.05, 4.69) is 4.98 Å². The lowest BCUT2D eigenvalue weighted by molar-refractivity contribution is -0.132. The molecule has 6 heteroatoms. The third kappa shape index (κ3) is 3.65. The third-order valence-corrected chi connectivity index (χ3v) is 4.03. The Morgan fingerprint density at radius 1 is 1.18 bits per heavy atom. The molecule has 3 heterocycles. The highest BCUT2D eigenvalue weighted by Crippen LogP contribution is 2.14. The second-order valence-electron chi connectivity index (χ2n) is 4.94. The van der Waals surface area contributed by atoms with Crippen LogP contribution >= 0.6 is 11.3 Å². The van der Waals surface area contributed by atoms with E-state index in [-0.39, 0.29) is 12.3 Å². The van der Waals surface area contributed by atoms with Gasteiger partial charge in [-0.2, -0.15) is 0 Å². The van der Waals surface area contributed by atoms with Crippen molar-refractivity contribution in [2.24, 2.45) is 0 Å². The molecule has 0 saturated heterocycles. The maximum atomic E-state index is 12.6. The summed E-state index contributed by atoms with van der Waals surface area (Å²) >= 11 is 1.55. The van der Waals surface area contributed by atoms with Gasteiger partial charge in [-0.25, -0.2) is 4.98 Å². The Balaban J connectivity index is 1.72. The first-order valence-corrected chi connectivity index (χ1v) is 7.82. The van der Waals surface area contributed by atoms with Gasteiger partial charge in [0.2, 0.25) is 5.91 Å². The normalized spacial score (nSPS) is 10.8. The van der Waals surface area contributed by atoms with E-state index in [1.807, 2.05) is 36.6 Å². The van der Waals surface area contributed by atoms with Crippen LogP contribution in [0.15, 0.2) is 51.0 Å². The molecular weight excluding hydrogens is 300 g/mol. The summed E-state index contributed by atoms with van der Waals surface area (Å²) < 4.78 is 10.7. The molecule has 1 amide bonds. The molecule has 22 heavy (non-hydrogen) atoms. The molecule has 0 saturated carbocycles. The Hall–Kier alpha value is -2.34. The number of aryl methyl sites for hydroxylation is 1. The standard InChI is InChI=1S/C16H16N2O3S/c1-12-17-13(11-22-12)8-16(19)18(9-14-4-2-6-20-14)10-15-5-3-7-21-15/h2-7,11H,8-10H2,1H3. The van der Waals surface area contributed by atoms with E-state index < -0.39 is 0 Å². The summed E-state index contributed by atoms with van der Waals surface area (Å²) in [4.78, 5) is 18.6. The van der Waals surface area contributed by atoms with Gasteiger partial charge < -0.3 is 13.7 Å². The predicted molar refractivity (Wildman–Crippen MR) is 82.2 cm³/mol. The first-order chi connectivity index (χ1) is 10.7. The summed E-state index contributed by atoms with van der Waals surface area (Å²) in [5.41, 5.74) is 0.802. The van der Waals surface area contributed by atoms with E-state index in [0.717, 1.165) is 22.2 Å². The van der Waals surface area contributed by atoms with Crippen LogP contribution in [0.25, 0.3) is 0 Å². The predicted octanol–water partition coefficient (Wildman–Crippen LogP) is 3.41. The molecule has 0 fully saturated rings. The number of carbonyl (C=O) groups excluding carboxylic acids is 1. The smallest absolute Gasteiger partial charge is 0.229 e. The van der Waals surface area contributed by atoms with Gasteiger partial charge in [0.05, 0.1) is 42.7 Å². The summed E-state index contributed by atoms with van der Waals surface area (Å²) in [6.45, 7) is 2.76. The Labute approximate surface area is 132 Å². The Kier molecular flexibility index (Phi) is 4.39. The largest absolute Gasteiger partial charge is 0.467 e. The van der Waals surface area contributed by atoms with Gasteiger partial charge in [0, 0.05) is 5.38 Å². The number of furan rings is 2. The highest BCUT2D eigenvalue weighted by molar-refractivity contribution is 7.09. The minimum atomic E-state index is -0.00176. The summed E-state index contributed by atoms with van der Waals surface area (Å²) in [6.07, 6.45) is 3.50. The Morgan fingerprint density at radius 3 is 2.27 bits per heavy atom. The summed E-state index contributed by atoms with van der Waals surface area (Å²) in [7, 11) is 0. The van der Waals surface area contributed by atoms with Gasteiger partial charge in [0.25, 0.3) is 0 Å². The average Bonchev–Trinajstić information content (AvgIpc) is 3.21. The molecule has 0 spiro atoms. The summed E-state index contributed by atoms with van der Waals surface area (Å²) in [6, 6.07) is 7.34. The maximum Gasteiger partial charge on any atom is 0.229 e. The molecule has 0 aliphatic rings. The van der Waals surface area contributed by atoms with E-state index in [9.17, 15) is 4.79 Å². The van der Waals surface area contributed by atoms with Gasteiger partial charge in [0.15, 0.2) is 0 Å². The van der Waals surface area contributed by atoms with Crippen molar-refractivity contribution in [3.63, 3.8) is 0 Å². The SMILES string of the molecule is Cc1nc(CC(=O)N(Cc2ccco2)Cc2ccco2)cs1. The Bertz CT molecular complexity index is 680. The van der Waals surface area contributed by atoms with Crippen LogP contribution < -0.4 is 0 Å². The lowest BCUT2D eigenvalue weighted by atomic mass is 10.2. The quantitative estimate of drug-likeness (QED) is 0.699. The van der Waals surface area contributed by atoms with Crippen molar-refractivity contribution < 1.29 is 13.6 Å². The number of amides is 1. The summed E-state index contributed by atoms with van der Waals surface area (Å²) in [5.74, 6) is 1.49. The molecular formula is C16H16N2O3S. The summed E-state index contributed by atoms with van der Waals surface area (Å²) in [5, 5.41) is 2.89. The monoisotopic (exact) mass is 316 g/mol. The van der Waals surface area contributed by atoms with Crippen molar-refractivity contribution in [1.82, 2.24) is 9.88 Å². The fourth-order valence-electron chi connectivity index (χ4n) is 2.17. The molecule has 0 aromatic carbocycles. The van der Waals surface area contributed by atoms with Gasteiger partial charge >= 0.3 is 0 Å². The van der Waals surface area contributed by atoms with Crippen LogP contribution in [0.5, 0.6) is 0 Å². The maximum absolute atomic E-state index is 12.6. The van der Waals surface area contributed by atoms with Gasteiger partial charge in [-0.15, -0.1) is 11.3 Å². The van der Waals surface area contributed by atoms with Crippen molar-refractivity contribution >= 4 is 17.2 Å². The fraction of sp³-hybridized carbons (Fsp3) is 0.250.